The standard InChI is InChI=1S/C50H54Cl2N4O7/c1-5-9-40(30(2)31(3)53)34-15-12-32(13-16-34)23-43(49(58)59)54-48(57)44-24-36-25-45-46(26-37(36)27-56(44)50(60)55(4)38-10-7-6-8-11-38)63-47(29-62-45)35-17-19-39(20-18-35)61-28-33-14-21-41(51)42(52)22-33/h5,9,12-22,25-26,38,43-44,47H,1,6-8,10-11,23-24,27-29,53H2,2-4H3,(H,54,57)(H,58,59)/b31-30-,40-9+/t43-,44-,47+/m0/s1. The molecule has 0 aromatic heterocycles. The number of allylic oxidation sites excluding steroid dienone is 5. The van der Waals surface area contributed by atoms with E-state index in [2.05, 4.69) is 11.9 Å². The molecule has 1 fully saturated rings. The molecular weight excluding hydrogens is 839 g/mol. The van der Waals surface area contributed by atoms with Gasteiger partial charge in [-0.1, -0.05) is 104 Å². The summed E-state index contributed by atoms with van der Waals surface area (Å²) in [6, 6.07) is 21.9. The Hall–Kier alpha value is -5.91. The van der Waals surface area contributed by atoms with E-state index in [9.17, 15) is 19.5 Å². The molecule has 11 nitrogen and oxygen atoms in total. The van der Waals surface area contributed by atoms with Crippen molar-refractivity contribution in [2.75, 3.05) is 13.7 Å². The minimum Gasteiger partial charge on any atom is -0.489 e. The Bertz CT molecular complexity index is 2410. The molecule has 1 aliphatic carbocycles. The Kier molecular flexibility index (Phi) is 14.4. The molecule has 0 spiro atoms. The molecule has 4 N–H and O–H groups in total. The molecule has 0 unspecified atom stereocenters. The highest BCUT2D eigenvalue weighted by Gasteiger charge is 2.40. The Morgan fingerprint density at radius 2 is 1.65 bits per heavy atom. The van der Waals surface area contributed by atoms with Crippen molar-refractivity contribution in [1.29, 1.82) is 0 Å². The average Bonchev–Trinajstić information content (AvgIpc) is 3.29. The van der Waals surface area contributed by atoms with Gasteiger partial charge in [-0.05, 0) is 108 Å². The quantitative estimate of drug-likeness (QED) is 0.113. The molecule has 2 heterocycles. The minimum atomic E-state index is -1.24. The monoisotopic (exact) mass is 892 g/mol. The van der Waals surface area contributed by atoms with Crippen molar-refractivity contribution in [2.24, 2.45) is 5.73 Å². The highest BCUT2D eigenvalue weighted by Crippen LogP contribution is 2.41. The number of amides is 3. The van der Waals surface area contributed by atoms with Crippen molar-refractivity contribution in [2.45, 2.75) is 96.2 Å². The molecule has 3 amide bonds. The van der Waals surface area contributed by atoms with Crippen LogP contribution in [0, 0.1) is 0 Å². The summed E-state index contributed by atoms with van der Waals surface area (Å²) in [5, 5.41) is 14.1. The van der Waals surface area contributed by atoms with E-state index < -0.39 is 30.1 Å². The highest BCUT2D eigenvalue weighted by atomic mass is 35.5. The second-order valence-corrected chi connectivity index (χ2v) is 17.4. The molecule has 3 atom stereocenters. The number of rotatable bonds is 13. The van der Waals surface area contributed by atoms with Gasteiger partial charge in [-0.25, -0.2) is 9.59 Å². The SMILES string of the molecule is C=C/C=C(\C(C)=C(\C)N)c1ccc(C[C@H](NC(=O)[C@@H]2Cc3cc4c(cc3CN2C(=O)N(C)C2CCCCC2)O[C@@H](c2ccc(OCc3ccc(Cl)c(Cl)c3)cc2)CO4)C(=O)O)cc1. The van der Waals surface area contributed by atoms with Crippen LogP contribution in [0.2, 0.25) is 10.0 Å². The zero-order valence-electron chi connectivity index (χ0n) is 35.9. The smallest absolute Gasteiger partial charge is 0.326 e. The first-order valence-corrected chi connectivity index (χ1v) is 22.1. The highest BCUT2D eigenvalue weighted by molar-refractivity contribution is 6.42. The number of halogens is 2. The van der Waals surface area contributed by atoms with E-state index in [0.717, 1.165) is 76.6 Å². The lowest BCUT2D eigenvalue weighted by atomic mass is 9.91. The van der Waals surface area contributed by atoms with Gasteiger partial charge in [0.25, 0.3) is 0 Å². The van der Waals surface area contributed by atoms with Gasteiger partial charge in [0, 0.05) is 38.2 Å². The molecule has 4 aromatic rings. The molecule has 0 radical (unpaired) electrons. The number of aliphatic carboxylic acids is 1. The Morgan fingerprint density at radius 3 is 2.32 bits per heavy atom. The predicted molar refractivity (Wildman–Crippen MR) is 246 cm³/mol. The van der Waals surface area contributed by atoms with Gasteiger partial charge in [-0.3, -0.25) is 4.79 Å². The van der Waals surface area contributed by atoms with Crippen LogP contribution in [0.5, 0.6) is 17.2 Å². The molecule has 4 aromatic carbocycles. The van der Waals surface area contributed by atoms with Gasteiger partial charge in [-0.2, -0.15) is 0 Å². The summed E-state index contributed by atoms with van der Waals surface area (Å²) in [7, 11) is 1.80. The van der Waals surface area contributed by atoms with Crippen LogP contribution in [0.1, 0.15) is 85.4 Å². The number of carbonyl (C=O) groups excluding carboxylic acids is 2. The second-order valence-electron chi connectivity index (χ2n) is 16.5. The Labute approximate surface area is 379 Å². The van der Waals surface area contributed by atoms with E-state index in [-0.39, 0.29) is 38.1 Å². The lowest BCUT2D eigenvalue weighted by Crippen LogP contribution is -2.59. The van der Waals surface area contributed by atoms with Crippen molar-refractivity contribution in [3.8, 4) is 17.2 Å². The fourth-order valence-corrected chi connectivity index (χ4v) is 8.77. The van der Waals surface area contributed by atoms with Crippen molar-refractivity contribution < 1.29 is 33.7 Å². The number of hydrogen-bond donors (Lipinski definition) is 3. The maximum absolute atomic E-state index is 14.4. The fraction of sp³-hybridized carbons (Fsp3) is 0.340. The summed E-state index contributed by atoms with van der Waals surface area (Å²) in [5.74, 6) is 0.0398. The summed E-state index contributed by atoms with van der Waals surface area (Å²) in [5.41, 5.74) is 13.7. The molecule has 0 bridgehead atoms. The number of carboxylic acids is 1. The first-order valence-electron chi connectivity index (χ1n) is 21.3. The normalized spacial score (nSPS) is 18.4. The van der Waals surface area contributed by atoms with Gasteiger partial charge < -0.3 is 40.2 Å². The number of nitrogens with two attached hydrogens (primary N) is 1. The van der Waals surface area contributed by atoms with Gasteiger partial charge >= 0.3 is 12.0 Å². The van der Waals surface area contributed by atoms with Gasteiger partial charge in [0.1, 0.15) is 31.0 Å². The molecular formula is C50H54Cl2N4O7. The maximum atomic E-state index is 14.4. The third-order valence-electron chi connectivity index (χ3n) is 12.3. The van der Waals surface area contributed by atoms with Crippen molar-refractivity contribution >= 4 is 46.7 Å². The lowest BCUT2D eigenvalue weighted by Gasteiger charge is -2.41. The van der Waals surface area contributed by atoms with E-state index >= 15 is 0 Å². The van der Waals surface area contributed by atoms with E-state index in [1.54, 1.807) is 35.1 Å². The number of benzene rings is 4. The van der Waals surface area contributed by atoms with Gasteiger partial charge in [-0.15, -0.1) is 0 Å². The van der Waals surface area contributed by atoms with Crippen LogP contribution >= 0.6 is 23.2 Å². The van der Waals surface area contributed by atoms with Crippen molar-refractivity contribution in [3.05, 3.63) is 152 Å². The number of carbonyl (C=O) groups is 3. The van der Waals surface area contributed by atoms with Gasteiger partial charge in [0.05, 0.1) is 10.0 Å². The summed E-state index contributed by atoms with van der Waals surface area (Å²) in [6.45, 7) is 8.31. The van der Waals surface area contributed by atoms with Crippen LogP contribution in [0.25, 0.3) is 5.57 Å². The molecule has 13 heteroatoms. The largest absolute Gasteiger partial charge is 0.489 e. The minimum absolute atomic E-state index is 0.0418. The lowest BCUT2D eigenvalue weighted by molar-refractivity contribution is -0.142. The topological polar surface area (TPSA) is 144 Å². The second kappa shape index (κ2) is 20.1. The van der Waals surface area contributed by atoms with Gasteiger partial charge in [0.15, 0.2) is 17.6 Å². The van der Waals surface area contributed by atoms with Gasteiger partial charge in [0.2, 0.25) is 5.91 Å². The third kappa shape index (κ3) is 10.7. The zero-order chi connectivity index (χ0) is 44.8. The summed E-state index contributed by atoms with van der Waals surface area (Å²) >= 11 is 12.2. The average molecular weight is 894 g/mol. The van der Waals surface area contributed by atoms with Crippen LogP contribution in [0.3, 0.4) is 0 Å². The molecule has 1 saturated carbocycles. The van der Waals surface area contributed by atoms with Crippen LogP contribution < -0.4 is 25.3 Å². The predicted octanol–water partition coefficient (Wildman–Crippen LogP) is 9.83. The van der Waals surface area contributed by atoms with E-state index in [1.165, 1.54) is 0 Å². The van der Waals surface area contributed by atoms with Crippen LogP contribution in [0.4, 0.5) is 4.79 Å². The first-order chi connectivity index (χ1) is 30.3. The molecule has 7 rings (SSSR count). The number of fused-ring (bicyclic) bond motifs is 2. The summed E-state index contributed by atoms with van der Waals surface area (Å²) in [4.78, 5) is 44.8. The number of hydrogen-bond acceptors (Lipinski definition) is 7. The third-order valence-corrected chi connectivity index (χ3v) is 13.0. The number of urea groups is 1. The van der Waals surface area contributed by atoms with E-state index in [4.69, 9.17) is 43.1 Å². The van der Waals surface area contributed by atoms with Crippen LogP contribution in [-0.4, -0.2) is 64.6 Å². The molecule has 330 valence electrons. The summed E-state index contributed by atoms with van der Waals surface area (Å²) < 4.78 is 18.7. The Balaban J connectivity index is 1.08. The molecule has 0 saturated heterocycles. The number of ether oxygens (including phenoxy) is 3. The van der Waals surface area contributed by atoms with Crippen LogP contribution in [0.15, 0.2) is 109 Å². The number of carboxylic acid groups (broad SMARTS) is 1. The first kappa shape index (κ1) is 45.1. The zero-order valence-corrected chi connectivity index (χ0v) is 37.4. The molecule has 2 aliphatic heterocycles. The van der Waals surface area contributed by atoms with Crippen molar-refractivity contribution in [3.63, 3.8) is 0 Å². The fourth-order valence-electron chi connectivity index (χ4n) is 8.44. The van der Waals surface area contributed by atoms with E-state index in [1.807, 2.05) is 86.7 Å². The molecule has 63 heavy (non-hydrogen) atoms. The maximum Gasteiger partial charge on any atom is 0.326 e. The van der Waals surface area contributed by atoms with Crippen LogP contribution in [-0.2, 0) is 35.6 Å². The number of nitrogens with zero attached hydrogens (tertiary/aromatic N) is 2. The number of nitrogens with one attached hydrogen (secondary N) is 1. The molecule has 3 aliphatic rings. The Morgan fingerprint density at radius 1 is 0.952 bits per heavy atom. The van der Waals surface area contributed by atoms with Crippen molar-refractivity contribution in [1.82, 2.24) is 15.1 Å². The van der Waals surface area contributed by atoms with E-state index in [0.29, 0.717) is 39.6 Å². The summed E-state index contributed by atoms with van der Waals surface area (Å²) in [6.07, 6.45) is 8.36.